The number of fused-ring (bicyclic) bond motifs is 1. The van der Waals surface area contributed by atoms with Crippen LogP contribution in [0, 0.1) is 17.0 Å². The lowest BCUT2D eigenvalue weighted by Crippen LogP contribution is -2.07. The molecule has 172 valence electrons. The van der Waals surface area contributed by atoms with Crippen molar-refractivity contribution < 1.29 is 23.7 Å². The number of nitro benzene ring substituents is 1. The third-order valence-electron chi connectivity index (χ3n) is 4.77. The van der Waals surface area contributed by atoms with Crippen molar-refractivity contribution in [3.05, 3.63) is 81.6 Å². The van der Waals surface area contributed by atoms with Crippen molar-refractivity contribution in [3.8, 4) is 11.3 Å². The quantitative estimate of drug-likeness (QED) is 0.159. The number of nitrogens with zero attached hydrogens (tertiary/aromatic N) is 2. The first kappa shape index (κ1) is 22.9. The van der Waals surface area contributed by atoms with E-state index in [9.17, 15) is 19.7 Å². The van der Waals surface area contributed by atoms with Crippen LogP contribution in [0.5, 0.6) is 0 Å². The number of amides is 1. The molecule has 34 heavy (non-hydrogen) atoms. The Bertz CT molecular complexity index is 1440. The Labute approximate surface area is 197 Å². The molecule has 2 aromatic heterocycles. The third kappa shape index (κ3) is 5.02. The van der Waals surface area contributed by atoms with Gasteiger partial charge in [0.1, 0.15) is 11.5 Å². The summed E-state index contributed by atoms with van der Waals surface area (Å²) in [5.41, 5.74) is 2.14. The van der Waals surface area contributed by atoms with Crippen LogP contribution in [0.3, 0.4) is 0 Å². The third-order valence-corrected chi connectivity index (χ3v) is 5.70. The van der Waals surface area contributed by atoms with E-state index >= 15 is 0 Å². The zero-order valence-corrected chi connectivity index (χ0v) is 19.0. The first-order valence-electron chi connectivity index (χ1n) is 10.3. The number of thiazole rings is 1. The Hall–Kier alpha value is -4.31. The van der Waals surface area contributed by atoms with Gasteiger partial charge in [-0.2, -0.15) is 0 Å². The zero-order valence-electron chi connectivity index (χ0n) is 18.2. The van der Waals surface area contributed by atoms with Crippen molar-refractivity contribution in [2.24, 2.45) is 0 Å². The second kappa shape index (κ2) is 9.67. The van der Waals surface area contributed by atoms with Gasteiger partial charge < -0.3 is 9.15 Å². The second-order valence-corrected chi connectivity index (χ2v) is 8.25. The summed E-state index contributed by atoms with van der Waals surface area (Å²) in [4.78, 5) is 39.5. The van der Waals surface area contributed by atoms with E-state index < -0.39 is 16.8 Å². The molecule has 0 aliphatic heterocycles. The topological polar surface area (TPSA) is 125 Å². The maximum Gasteiger partial charge on any atom is 0.338 e. The van der Waals surface area contributed by atoms with Gasteiger partial charge in [0.25, 0.3) is 5.69 Å². The van der Waals surface area contributed by atoms with E-state index in [4.69, 9.17) is 9.15 Å². The monoisotopic (exact) mass is 477 g/mol. The van der Waals surface area contributed by atoms with Crippen LogP contribution in [0.4, 0.5) is 10.8 Å². The second-order valence-electron chi connectivity index (χ2n) is 7.22. The Balaban J connectivity index is 1.46. The highest BCUT2D eigenvalue weighted by Gasteiger charge is 2.18. The number of aryl methyl sites for hydroxylation is 1. The molecular formula is C24H19N3O6S. The molecule has 2 aromatic carbocycles. The van der Waals surface area contributed by atoms with Crippen LogP contribution in [0.1, 0.15) is 28.6 Å². The highest BCUT2D eigenvalue weighted by molar-refractivity contribution is 7.22. The fourth-order valence-electron chi connectivity index (χ4n) is 3.21. The summed E-state index contributed by atoms with van der Waals surface area (Å²) >= 11 is 1.23. The number of hydrogen-bond acceptors (Lipinski definition) is 8. The summed E-state index contributed by atoms with van der Waals surface area (Å²) < 4.78 is 11.4. The number of rotatable bonds is 7. The van der Waals surface area contributed by atoms with E-state index in [0.717, 1.165) is 10.3 Å². The predicted molar refractivity (Wildman–Crippen MR) is 129 cm³/mol. The molecule has 0 aliphatic carbocycles. The van der Waals surface area contributed by atoms with Crippen LogP contribution < -0.4 is 5.32 Å². The van der Waals surface area contributed by atoms with E-state index in [0.29, 0.717) is 33.3 Å². The average Bonchev–Trinajstić information content (AvgIpc) is 3.43. The van der Waals surface area contributed by atoms with Gasteiger partial charge in [-0.05, 0) is 61.9 Å². The van der Waals surface area contributed by atoms with Crippen molar-refractivity contribution in [2.45, 2.75) is 13.8 Å². The lowest BCUT2D eigenvalue weighted by Gasteiger charge is -2.01. The van der Waals surface area contributed by atoms with Gasteiger partial charge >= 0.3 is 5.97 Å². The number of aromatic nitrogens is 1. The number of carbonyl (C=O) groups is 2. The SMILES string of the molecule is CCOC(=O)c1ccc2nc(NC(=O)/C=C/c3ccc(-c4ccc(C)cc4[N+](=O)[O-])o3)sc2c1. The summed E-state index contributed by atoms with van der Waals surface area (Å²) in [5.74, 6) is -0.150. The van der Waals surface area contributed by atoms with E-state index in [1.165, 1.54) is 29.6 Å². The minimum Gasteiger partial charge on any atom is -0.462 e. The molecule has 0 aliphatic rings. The molecule has 0 bridgehead atoms. The summed E-state index contributed by atoms with van der Waals surface area (Å²) in [6.45, 7) is 3.79. The number of ether oxygens (including phenoxy) is 1. The summed E-state index contributed by atoms with van der Waals surface area (Å²) in [6, 6.07) is 13.1. The van der Waals surface area contributed by atoms with Gasteiger partial charge in [0.05, 0.1) is 32.9 Å². The predicted octanol–water partition coefficient (Wildman–Crippen LogP) is 5.60. The molecule has 9 nitrogen and oxygen atoms in total. The van der Waals surface area contributed by atoms with Gasteiger partial charge in [-0.25, -0.2) is 9.78 Å². The van der Waals surface area contributed by atoms with Crippen LogP contribution in [0.15, 0.2) is 59.0 Å². The molecule has 1 N–H and O–H groups in total. The average molecular weight is 477 g/mol. The van der Waals surface area contributed by atoms with E-state index in [-0.39, 0.29) is 12.3 Å². The van der Waals surface area contributed by atoms with E-state index in [2.05, 4.69) is 10.3 Å². The number of furan rings is 1. The van der Waals surface area contributed by atoms with Gasteiger partial charge in [0.15, 0.2) is 5.13 Å². The van der Waals surface area contributed by atoms with Gasteiger partial charge in [0.2, 0.25) is 5.91 Å². The molecule has 1 amide bonds. The molecule has 0 atom stereocenters. The molecule has 4 rings (SSSR count). The van der Waals surface area contributed by atoms with Gasteiger partial charge in [-0.3, -0.25) is 20.2 Å². The normalized spacial score (nSPS) is 11.1. The van der Waals surface area contributed by atoms with Crippen molar-refractivity contribution in [1.82, 2.24) is 4.98 Å². The van der Waals surface area contributed by atoms with Crippen molar-refractivity contribution in [3.63, 3.8) is 0 Å². The molecule has 0 saturated carbocycles. The molecule has 0 fully saturated rings. The highest BCUT2D eigenvalue weighted by Crippen LogP contribution is 2.32. The molecule has 0 spiro atoms. The van der Waals surface area contributed by atoms with E-state index in [1.54, 1.807) is 56.3 Å². The first-order chi connectivity index (χ1) is 16.3. The molecule has 0 unspecified atom stereocenters. The smallest absolute Gasteiger partial charge is 0.338 e. The fourth-order valence-corrected chi connectivity index (χ4v) is 4.12. The maximum atomic E-state index is 12.3. The summed E-state index contributed by atoms with van der Waals surface area (Å²) in [5, 5.41) is 14.4. The lowest BCUT2D eigenvalue weighted by atomic mass is 10.1. The van der Waals surface area contributed by atoms with Gasteiger partial charge in [0, 0.05) is 12.1 Å². The van der Waals surface area contributed by atoms with Crippen LogP contribution >= 0.6 is 11.3 Å². The number of carbonyl (C=O) groups excluding carboxylic acids is 2. The number of hydrogen-bond donors (Lipinski definition) is 1. The highest BCUT2D eigenvalue weighted by atomic mass is 32.1. The molecule has 0 radical (unpaired) electrons. The Morgan fingerprint density at radius 3 is 2.79 bits per heavy atom. The number of nitro groups is 1. The molecule has 4 aromatic rings. The summed E-state index contributed by atoms with van der Waals surface area (Å²) in [6.07, 6.45) is 2.74. The van der Waals surface area contributed by atoms with Crippen molar-refractivity contribution >= 4 is 50.3 Å². The summed E-state index contributed by atoms with van der Waals surface area (Å²) in [7, 11) is 0. The first-order valence-corrected chi connectivity index (χ1v) is 11.1. The van der Waals surface area contributed by atoms with E-state index in [1.807, 2.05) is 0 Å². The van der Waals surface area contributed by atoms with Crippen LogP contribution in [-0.2, 0) is 9.53 Å². The van der Waals surface area contributed by atoms with Crippen LogP contribution in [0.25, 0.3) is 27.6 Å². The van der Waals surface area contributed by atoms with Gasteiger partial charge in [-0.15, -0.1) is 0 Å². The molecular weight excluding hydrogens is 458 g/mol. The minimum atomic E-state index is -0.457. The van der Waals surface area contributed by atoms with Crippen molar-refractivity contribution in [2.75, 3.05) is 11.9 Å². The Morgan fingerprint density at radius 2 is 2.03 bits per heavy atom. The van der Waals surface area contributed by atoms with Crippen LogP contribution in [0.2, 0.25) is 0 Å². The number of esters is 1. The Kier molecular flexibility index (Phi) is 6.51. The standard InChI is InChI=1S/C24H19N3O6S/c1-3-32-23(29)15-5-9-18-21(13-15)34-24(25-18)26-22(28)11-7-16-6-10-20(33-16)17-8-4-14(2)12-19(17)27(30)31/h4-13H,3H2,1-2H3,(H,25,26,28)/b11-7+. The molecule has 10 heteroatoms. The largest absolute Gasteiger partial charge is 0.462 e. The van der Waals surface area contributed by atoms with Crippen LogP contribution in [-0.4, -0.2) is 28.4 Å². The number of nitrogens with one attached hydrogen (secondary N) is 1. The van der Waals surface area contributed by atoms with Crippen molar-refractivity contribution in [1.29, 1.82) is 0 Å². The maximum absolute atomic E-state index is 12.3. The molecule has 0 saturated heterocycles. The fraction of sp³-hybridized carbons (Fsp3) is 0.125. The zero-order chi connectivity index (χ0) is 24.2. The number of anilines is 1. The molecule has 2 heterocycles. The Morgan fingerprint density at radius 1 is 1.21 bits per heavy atom. The lowest BCUT2D eigenvalue weighted by molar-refractivity contribution is -0.384. The number of benzene rings is 2. The van der Waals surface area contributed by atoms with Gasteiger partial charge in [-0.1, -0.05) is 17.4 Å². The minimum absolute atomic E-state index is 0.0513.